The van der Waals surface area contributed by atoms with Crippen molar-refractivity contribution >= 4 is 34.7 Å². The van der Waals surface area contributed by atoms with Gasteiger partial charge in [-0.15, -0.1) is 0 Å². The predicted octanol–water partition coefficient (Wildman–Crippen LogP) is 7.89. The number of benzene rings is 3. The summed E-state index contributed by atoms with van der Waals surface area (Å²) in [6.07, 6.45) is 0. The molecule has 0 atom stereocenters. The minimum Gasteiger partial charge on any atom is -0.378 e. The minimum atomic E-state index is -0.163. The number of nitrogens with zero attached hydrogens (tertiary/aromatic N) is 2. The zero-order valence-corrected chi connectivity index (χ0v) is 21.1. The third-order valence-electron chi connectivity index (χ3n) is 5.78. The van der Waals surface area contributed by atoms with Gasteiger partial charge in [0.05, 0.1) is 6.54 Å². The quantitative estimate of drug-likeness (QED) is 0.386. The summed E-state index contributed by atoms with van der Waals surface area (Å²) in [5, 5.41) is 3.89. The van der Waals surface area contributed by atoms with Gasteiger partial charge in [0.15, 0.2) is 0 Å². The molecule has 0 radical (unpaired) electrons. The van der Waals surface area contributed by atoms with Gasteiger partial charge in [-0.25, -0.2) is 4.79 Å². The van der Waals surface area contributed by atoms with Crippen LogP contribution in [0.25, 0.3) is 0 Å². The second kappa shape index (κ2) is 10.8. The van der Waals surface area contributed by atoms with Crippen LogP contribution in [-0.2, 0) is 6.54 Å². The molecular formula is C28H34ClN3O. The van der Waals surface area contributed by atoms with E-state index in [1.165, 1.54) is 0 Å². The van der Waals surface area contributed by atoms with Crippen LogP contribution in [0.5, 0.6) is 0 Å². The topological polar surface area (TPSA) is 35.6 Å². The molecule has 3 rings (SSSR count). The van der Waals surface area contributed by atoms with E-state index >= 15 is 0 Å². The first-order valence-electron chi connectivity index (χ1n) is 11.4. The third-order valence-corrected chi connectivity index (χ3v) is 6.03. The number of nitrogens with one attached hydrogen (secondary N) is 1. The van der Waals surface area contributed by atoms with Crippen molar-refractivity contribution in [3.05, 3.63) is 88.4 Å². The zero-order valence-electron chi connectivity index (χ0n) is 20.4. The van der Waals surface area contributed by atoms with Crippen molar-refractivity contribution in [3.8, 4) is 0 Å². The van der Waals surface area contributed by atoms with Crippen LogP contribution >= 0.6 is 11.6 Å². The Bertz CT molecular complexity index is 1050. The minimum absolute atomic E-state index is 0.163. The molecule has 0 aliphatic heterocycles. The van der Waals surface area contributed by atoms with E-state index in [0.717, 1.165) is 33.8 Å². The van der Waals surface area contributed by atoms with Gasteiger partial charge in [0.25, 0.3) is 0 Å². The number of halogens is 1. The summed E-state index contributed by atoms with van der Waals surface area (Å²) in [5.74, 6) is 0.586. The van der Waals surface area contributed by atoms with E-state index in [1.807, 2.05) is 38.4 Å². The number of anilines is 3. The second-order valence-corrected chi connectivity index (χ2v) is 9.61. The summed E-state index contributed by atoms with van der Waals surface area (Å²) < 4.78 is 0. The molecular weight excluding hydrogens is 430 g/mol. The largest absolute Gasteiger partial charge is 0.378 e. The number of carbonyl (C=O) groups is 1. The maximum absolute atomic E-state index is 13.7. The Labute approximate surface area is 203 Å². The van der Waals surface area contributed by atoms with E-state index in [1.54, 1.807) is 4.90 Å². The molecule has 5 heteroatoms. The average molecular weight is 464 g/mol. The van der Waals surface area contributed by atoms with E-state index in [0.29, 0.717) is 23.4 Å². The number of hydrogen-bond donors (Lipinski definition) is 1. The molecule has 174 valence electrons. The molecule has 0 aliphatic rings. The molecule has 2 amide bonds. The van der Waals surface area contributed by atoms with Crippen LogP contribution in [0.2, 0.25) is 5.02 Å². The predicted molar refractivity (Wildman–Crippen MR) is 142 cm³/mol. The van der Waals surface area contributed by atoms with E-state index in [4.69, 9.17) is 11.6 Å². The highest BCUT2D eigenvalue weighted by Crippen LogP contribution is 2.33. The lowest BCUT2D eigenvalue weighted by Gasteiger charge is -2.27. The molecule has 0 aromatic heterocycles. The summed E-state index contributed by atoms with van der Waals surface area (Å²) in [6.45, 7) is 9.05. The van der Waals surface area contributed by atoms with Gasteiger partial charge in [-0.05, 0) is 64.9 Å². The molecule has 4 nitrogen and oxygen atoms in total. The number of carbonyl (C=O) groups excluding carboxylic acids is 1. The Morgan fingerprint density at radius 2 is 1.33 bits per heavy atom. The fourth-order valence-electron chi connectivity index (χ4n) is 3.85. The van der Waals surface area contributed by atoms with Crippen LogP contribution in [0.15, 0.2) is 66.7 Å². The zero-order chi connectivity index (χ0) is 24.1. The Kier molecular flexibility index (Phi) is 8.04. The third kappa shape index (κ3) is 6.08. The highest BCUT2D eigenvalue weighted by Gasteiger charge is 2.21. The highest BCUT2D eigenvalue weighted by atomic mass is 35.5. The van der Waals surface area contributed by atoms with Crippen molar-refractivity contribution in [1.29, 1.82) is 0 Å². The molecule has 0 unspecified atom stereocenters. The van der Waals surface area contributed by atoms with Gasteiger partial charge in [0.2, 0.25) is 0 Å². The standard InChI is InChI=1S/C28H34ClN3O/c1-19(2)25-8-7-9-26(20(3)4)27(25)30-28(33)32(24-16-12-22(29)13-17-24)18-21-10-14-23(15-11-21)31(5)6/h7-17,19-20H,18H2,1-6H3,(H,30,33). The first-order chi connectivity index (χ1) is 15.7. The molecule has 0 saturated carbocycles. The lowest BCUT2D eigenvalue weighted by Crippen LogP contribution is -2.35. The Balaban J connectivity index is 1.97. The van der Waals surface area contributed by atoms with Crippen LogP contribution < -0.4 is 15.1 Å². The van der Waals surface area contributed by atoms with Gasteiger partial charge in [0, 0.05) is 36.2 Å². The summed E-state index contributed by atoms with van der Waals surface area (Å²) in [4.78, 5) is 17.5. The normalized spacial score (nSPS) is 11.1. The lowest BCUT2D eigenvalue weighted by atomic mass is 9.93. The number of urea groups is 1. The van der Waals surface area contributed by atoms with E-state index in [2.05, 4.69) is 80.4 Å². The van der Waals surface area contributed by atoms with Crippen molar-refractivity contribution < 1.29 is 4.79 Å². The van der Waals surface area contributed by atoms with E-state index < -0.39 is 0 Å². The van der Waals surface area contributed by atoms with Crippen molar-refractivity contribution in [2.75, 3.05) is 29.2 Å². The molecule has 0 saturated heterocycles. The molecule has 1 N–H and O–H groups in total. The fourth-order valence-corrected chi connectivity index (χ4v) is 3.98. The van der Waals surface area contributed by atoms with Gasteiger partial charge in [-0.3, -0.25) is 4.90 Å². The molecule has 3 aromatic carbocycles. The van der Waals surface area contributed by atoms with Crippen molar-refractivity contribution in [2.24, 2.45) is 0 Å². The second-order valence-electron chi connectivity index (χ2n) is 9.17. The summed E-state index contributed by atoms with van der Waals surface area (Å²) in [5.41, 5.74) is 6.15. The Hall–Kier alpha value is -2.98. The molecule has 0 aliphatic carbocycles. The summed E-state index contributed by atoms with van der Waals surface area (Å²) in [7, 11) is 4.03. The number of para-hydroxylation sites is 1. The summed E-state index contributed by atoms with van der Waals surface area (Å²) in [6, 6.07) is 21.8. The maximum atomic E-state index is 13.7. The van der Waals surface area contributed by atoms with Crippen molar-refractivity contribution in [3.63, 3.8) is 0 Å². The maximum Gasteiger partial charge on any atom is 0.326 e. The average Bonchev–Trinajstić information content (AvgIpc) is 2.78. The first kappa shape index (κ1) is 24.7. The Morgan fingerprint density at radius 3 is 1.82 bits per heavy atom. The van der Waals surface area contributed by atoms with Crippen LogP contribution in [0.1, 0.15) is 56.2 Å². The highest BCUT2D eigenvalue weighted by molar-refractivity contribution is 6.30. The monoisotopic (exact) mass is 463 g/mol. The Morgan fingerprint density at radius 1 is 0.818 bits per heavy atom. The van der Waals surface area contributed by atoms with Crippen LogP contribution in [0, 0.1) is 0 Å². The molecule has 0 bridgehead atoms. The summed E-state index contributed by atoms with van der Waals surface area (Å²) >= 11 is 6.12. The van der Waals surface area contributed by atoms with E-state index in [-0.39, 0.29) is 6.03 Å². The number of rotatable bonds is 7. The number of hydrogen-bond acceptors (Lipinski definition) is 2. The lowest BCUT2D eigenvalue weighted by molar-refractivity contribution is 0.256. The van der Waals surface area contributed by atoms with Gasteiger partial charge < -0.3 is 10.2 Å². The van der Waals surface area contributed by atoms with Gasteiger partial charge in [0.1, 0.15) is 0 Å². The van der Waals surface area contributed by atoms with Gasteiger partial charge >= 0.3 is 6.03 Å². The first-order valence-corrected chi connectivity index (χ1v) is 11.8. The molecule has 0 fully saturated rings. The fraction of sp³-hybridized carbons (Fsp3) is 0.321. The smallest absolute Gasteiger partial charge is 0.326 e. The van der Waals surface area contributed by atoms with E-state index in [9.17, 15) is 4.79 Å². The molecule has 3 aromatic rings. The van der Waals surface area contributed by atoms with Crippen molar-refractivity contribution in [1.82, 2.24) is 0 Å². The van der Waals surface area contributed by atoms with Crippen LogP contribution in [0.4, 0.5) is 21.9 Å². The molecule has 33 heavy (non-hydrogen) atoms. The van der Waals surface area contributed by atoms with Crippen LogP contribution in [-0.4, -0.2) is 20.1 Å². The van der Waals surface area contributed by atoms with Crippen molar-refractivity contribution in [2.45, 2.75) is 46.1 Å². The molecule has 0 heterocycles. The van der Waals surface area contributed by atoms with Gasteiger partial charge in [-0.2, -0.15) is 0 Å². The molecule has 0 spiro atoms. The van der Waals surface area contributed by atoms with Crippen LogP contribution in [0.3, 0.4) is 0 Å². The SMILES string of the molecule is CC(C)c1cccc(C(C)C)c1NC(=O)N(Cc1ccc(N(C)C)cc1)c1ccc(Cl)cc1. The number of amides is 2. The van der Waals surface area contributed by atoms with Gasteiger partial charge in [-0.1, -0.05) is 69.6 Å².